The third kappa shape index (κ3) is 4.18. The van der Waals surface area contributed by atoms with Crippen LogP contribution in [0.3, 0.4) is 0 Å². The lowest BCUT2D eigenvalue weighted by Crippen LogP contribution is -2.62. The molecule has 1 aromatic heterocycles. The van der Waals surface area contributed by atoms with Crippen LogP contribution < -0.4 is 9.64 Å². The number of hydrogen-bond donors (Lipinski definition) is 1. The number of tetrazole rings is 1. The number of nitrogens with zero attached hydrogens (tertiary/aromatic N) is 6. The predicted molar refractivity (Wildman–Crippen MR) is 120 cm³/mol. The van der Waals surface area contributed by atoms with Crippen LogP contribution >= 0.6 is 0 Å². The normalized spacial score (nSPS) is 21.7. The first-order valence-corrected chi connectivity index (χ1v) is 10.5. The molecule has 1 aliphatic heterocycles. The van der Waals surface area contributed by atoms with E-state index < -0.39 is 29.0 Å². The Labute approximate surface area is 195 Å². The minimum atomic E-state index is -1.35. The number of hydrogen-bond acceptors (Lipinski definition) is 10. The third-order valence-corrected chi connectivity index (χ3v) is 5.92. The average molecular weight is 470 g/mol. The molecule has 3 atom stereocenters. The predicted octanol–water partition coefficient (Wildman–Crippen LogP) is 2.00. The fourth-order valence-electron chi connectivity index (χ4n) is 4.35. The molecular formula is C22H26N6O6. The van der Waals surface area contributed by atoms with Gasteiger partial charge in [-0.15, -0.1) is 10.2 Å². The zero-order chi connectivity index (χ0) is 24.5. The third-order valence-electron chi connectivity index (χ3n) is 5.92. The molecule has 0 spiro atoms. The number of aromatic nitrogens is 4. The highest BCUT2D eigenvalue weighted by Crippen LogP contribution is 2.47. The summed E-state index contributed by atoms with van der Waals surface area (Å²) in [7, 11) is 4.56. The number of aryl methyl sites for hydroxylation is 1. The van der Waals surface area contributed by atoms with Gasteiger partial charge in [0.2, 0.25) is 0 Å². The van der Waals surface area contributed by atoms with Crippen molar-refractivity contribution in [1.82, 2.24) is 20.2 Å². The molecule has 12 nitrogen and oxygen atoms in total. The molecule has 12 heteroatoms. The molecule has 0 radical (unpaired) electrons. The molecule has 4 rings (SSSR count). The minimum Gasteiger partial charge on any atom is -0.479 e. The van der Waals surface area contributed by atoms with Gasteiger partial charge in [-0.05, 0) is 30.3 Å². The summed E-state index contributed by atoms with van der Waals surface area (Å²) in [5.41, 5.74) is -0.283. The van der Waals surface area contributed by atoms with Crippen molar-refractivity contribution in [3.05, 3.63) is 70.0 Å². The number of nitro groups is 1. The van der Waals surface area contributed by atoms with Crippen LogP contribution in [0, 0.1) is 10.1 Å². The molecule has 0 unspecified atom stereocenters. The number of aliphatic hydroxyl groups excluding tert-OH is 1. The van der Waals surface area contributed by atoms with E-state index in [1.807, 2.05) is 35.2 Å². The molecule has 1 aliphatic rings. The molecule has 1 N–H and O–H groups in total. The van der Waals surface area contributed by atoms with Gasteiger partial charge in [-0.25, -0.2) is 0 Å². The summed E-state index contributed by atoms with van der Waals surface area (Å²) in [6.45, 7) is 1.85. The second kappa shape index (κ2) is 9.33. The number of benzene rings is 2. The first kappa shape index (κ1) is 23.5. The maximum absolute atomic E-state index is 11.8. The Morgan fingerprint density at radius 2 is 1.97 bits per heavy atom. The van der Waals surface area contributed by atoms with Crippen molar-refractivity contribution < 1.29 is 24.2 Å². The van der Waals surface area contributed by atoms with Gasteiger partial charge in [0, 0.05) is 37.6 Å². The largest absolute Gasteiger partial charge is 0.479 e. The van der Waals surface area contributed by atoms with Gasteiger partial charge in [0.05, 0.1) is 24.6 Å². The van der Waals surface area contributed by atoms with E-state index in [1.165, 1.54) is 37.2 Å². The molecule has 2 heterocycles. The van der Waals surface area contributed by atoms with Crippen molar-refractivity contribution in [3.8, 4) is 5.75 Å². The molecule has 0 aliphatic carbocycles. The molecule has 0 bridgehead atoms. The van der Waals surface area contributed by atoms with Crippen LogP contribution in [0.15, 0.2) is 48.5 Å². The van der Waals surface area contributed by atoms with Crippen LogP contribution in [0.5, 0.6) is 5.75 Å². The first-order valence-electron chi connectivity index (χ1n) is 10.5. The standard InChI is InChI=1S/C22H26N6O6/c1-22(21(32-3)33-4)20(29)19(16-12-15(28(30)31)10-11-17(16)34-22)27(14-8-6-5-7-9-14)13-18-23-25-26(2)24-18/h5-12,19-21,29H,13H2,1-4H3/t19-,20+,22+/m1/s1. The lowest BCUT2D eigenvalue weighted by Gasteiger charge is -2.49. The Hall–Kier alpha value is -3.61. The zero-order valence-corrected chi connectivity index (χ0v) is 19.2. The Morgan fingerprint density at radius 3 is 2.56 bits per heavy atom. The van der Waals surface area contributed by atoms with Crippen molar-refractivity contribution in [2.75, 3.05) is 19.1 Å². The number of methoxy groups -OCH3 is 2. The monoisotopic (exact) mass is 470 g/mol. The maximum Gasteiger partial charge on any atom is 0.270 e. The highest BCUT2D eigenvalue weighted by atomic mass is 16.7. The van der Waals surface area contributed by atoms with Gasteiger partial charge in [-0.1, -0.05) is 18.2 Å². The van der Waals surface area contributed by atoms with E-state index in [0.717, 1.165) is 5.69 Å². The fraction of sp³-hybridized carbons (Fsp3) is 0.409. The molecule has 34 heavy (non-hydrogen) atoms. The van der Waals surface area contributed by atoms with E-state index in [-0.39, 0.29) is 12.2 Å². The number of rotatable bonds is 8. The van der Waals surface area contributed by atoms with Crippen LogP contribution in [0.4, 0.5) is 11.4 Å². The molecule has 180 valence electrons. The average Bonchev–Trinajstić information content (AvgIpc) is 3.24. The van der Waals surface area contributed by atoms with Crippen LogP contribution in [0.2, 0.25) is 0 Å². The van der Waals surface area contributed by atoms with E-state index in [1.54, 1.807) is 14.0 Å². The molecule has 2 aromatic carbocycles. The summed E-state index contributed by atoms with van der Waals surface area (Å²) < 4.78 is 17.1. The number of aliphatic hydroxyl groups is 1. The Balaban J connectivity index is 1.91. The van der Waals surface area contributed by atoms with Gasteiger partial charge in [-0.2, -0.15) is 4.80 Å². The van der Waals surface area contributed by atoms with Crippen molar-refractivity contribution in [1.29, 1.82) is 0 Å². The quantitative estimate of drug-likeness (QED) is 0.295. The number of fused-ring (bicyclic) bond motifs is 1. The van der Waals surface area contributed by atoms with E-state index >= 15 is 0 Å². The smallest absolute Gasteiger partial charge is 0.270 e. The van der Waals surface area contributed by atoms with Crippen molar-refractivity contribution >= 4 is 11.4 Å². The van der Waals surface area contributed by atoms with Gasteiger partial charge in [0.15, 0.2) is 17.7 Å². The van der Waals surface area contributed by atoms with Crippen LogP contribution in [0.25, 0.3) is 0 Å². The van der Waals surface area contributed by atoms with Gasteiger partial charge in [0.25, 0.3) is 5.69 Å². The van der Waals surface area contributed by atoms with E-state index in [0.29, 0.717) is 17.1 Å². The molecule has 0 saturated carbocycles. The van der Waals surface area contributed by atoms with E-state index in [2.05, 4.69) is 15.4 Å². The number of non-ortho nitro benzene ring substituents is 1. The minimum absolute atomic E-state index is 0.121. The SMILES string of the molecule is COC(OC)[C@@]1(C)Oc2ccc([N+](=O)[O-])cc2[C@@H](N(Cc2nnn(C)n2)c2ccccc2)[C@@H]1O. The molecule has 0 saturated heterocycles. The van der Waals surface area contributed by atoms with Crippen molar-refractivity contribution in [3.63, 3.8) is 0 Å². The lowest BCUT2D eigenvalue weighted by atomic mass is 9.83. The van der Waals surface area contributed by atoms with Crippen molar-refractivity contribution in [2.45, 2.75) is 37.5 Å². The summed E-state index contributed by atoms with van der Waals surface area (Å²) in [5, 5.41) is 35.6. The van der Waals surface area contributed by atoms with Crippen LogP contribution in [-0.2, 0) is 23.1 Å². The Bertz CT molecular complexity index is 1150. The number of ether oxygens (including phenoxy) is 3. The van der Waals surface area contributed by atoms with E-state index in [9.17, 15) is 15.2 Å². The summed E-state index contributed by atoms with van der Waals surface area (Å²) in [4.78, 5) is 14.3. The molecule has 0 fully saturated rings. The maximum atomic E-state index is 11.8. The van der Waals surface area contributed by atoms with Gasteiger partial charge < -0.3 is 24.2 Å². The molecule has 0 amide bonds. The van der Waals surface area contributed by atoms with Gasteiger partial charge in [-0.3, -0.25) is 10.1 Å². The molecular weight excluding hydrogens is 444 g/mol. The van der Waals surface area contributed by atoms with Gasteiger partial charge >= 0.3 is 0 Å². The summed E-state index contributed by atoms with van der Waals surface area (Å²) in [5.74, 6) is 0.782. The zero-order valence-electron chi connectivity index (χ0n) is 19.2. The summed E-state index contributed by atoms with van der Waals surface area (Å²) >= 11 is 0. The lowest BCUT2D eigenvalue weighted by molar-refractivity contribution is -0.385. The number of nitro benzene ring substituents is 1. The number of anilines is 1. The topological polar surface area (TPSA) is 138 Å². The second-order valence-corrected chi connectivity index (χ2v) is 8.12. The van der Waals surface area contributed by atoms with Crippen molar-refractivity contribution in [2.24, 2.45) is 7.05 Å². The summed E-state index contributed by atoms with van der Waals surface area (Å²) in [6.07, 6.45) is -2.16. The first-order chi connectivity index (χ1) is 16.3. The molecule has 3 aromatic rings. The Morgan fingerprint density at radius 1 is 1.26 bits per heavy atom. The number of para-hydroxylation sites is 1. The highest BCUT2D eigenvalue weighted by molar-refractivity contribution is 5.55. The summed E-state index contributed by atoms with van der Waals surface area (Å²) in [6, 6.07) is 12.8. The fourth-order valence-corrected chi connectivity index (χ4v) is 4.35. The van der Waals surface area contributed by atoms with Crippen LogP contribution in [-0.4, -0.2) is 62.5 Å². The second-order valence-electron chi connectivity index (χ2n) is 8.12. The Kier molecular flexibility index (Phi) is 6.46. The van der Waals surface area contributed by atoms with Crippen LogP contribution in [0.1, 0.15) is 24.4 Å². The van der Waals surface area contributed by atoms with Gasteiger partial charge in [0.1, 0.15) is 11.9 Å². The van der Waals surface area contributed by atoms with E-state index in [4.69, 9.17) is 14.2 Å². The highest BCUT2D eigenvalue weighted by Gasteiger charge is 2.54.